The van der Waals surface area contributed by atoms with Crippen molar-refractivity contribution in [2.24, 2.45) is 23.7 Å². The number of rotatable bonds is 6. The van der Waals surface area contributed by atoms with Crippen molar-refractivity contribution in [3.8, 4) is 11.5 Å². The molecule has 2 aliphatic carbocycles. The van der Waals surface area contributed by atoms with Crippen molar-refractivity contribution in [3.05, 3.63) is 59.7 Å². The minimum absolute atomic E-state index is 0.172. The molecule has 0 bridgehead atoms. The third-order valence-corrected chi connectivity index (χ3v) is 7.63. The maximum Gasteiger partial charge on any atom is 0.343 e. The molecule has 2 saturated carbocycles. The molecule has 0 aliphatic heterocycles. The van der Waals surface area contributed by atoms with E-state index in [1.54, 1.807) is 36.4 Å². The zero-order chi connectivity index (χ0) is 23.2. The summed E-state index contributed by atoms with van der Waals surface area (Å²) >= 11 is 0. The van der Waals surface area contributed by atoms with Crippen LogP contribution in [0.15, 0.2) is 48.5 Å². The van der Waals surface area contributed by atoms with Gasteiger partial charge in [-0.1, -0.05) is 37.5 Å². The highest BCUT2D eigenvalue weighted by Gasteiger charge is 2.30. The molecular weight excluding hydrogens is 412 g/mol. The monoisotopic (exact) mass is 448 g/mol. The molecule has 2 aliphatic rings. The second-order valence-electron chi connectivity index (χ2n) is 10.2. The minimum Gasteiger partial charge on any atom is -0.427 e. The quantitative estimate of drug-likeness (QED) is 0.348. The highest BCUT2D eigenvalue weighted by atomic mass is 16.5. The number of carbonyl (C=O) groups excluding carboxylic acids is 2. The van der Waals surface area contributed by atoms with Crippen molar-refractivity contribution >= 4 is 11.9 Å². The van der Waals surface area contributed by atoms with Crippen LogP contribution in [-0.4, -0.2) is 11.9 Å². The van der Waals surface area contributed by atoms with E-state index in [-0.39, 0.29) is 5.97 Å². The molecule has 0 heterocycles. The third kappa shape index (κ3) is 6.69. The fourth-order valence-corrected chi connectivity index (χ4v) is 5.46. The van der Waals surface area contributed by atoms with E-state index in [0.717, 1.165) is 36.2 Å². The van der Waals surface area contributed by atoms with Crippen LogP contribution in [0.25, 0.3) is 0 Å². The molecule has 0 radical (unpaired) electrons. The lowest BCUT2D eigenvalue weighted by Crippen LogP contribution is -2.26. The first-order valence-corrected chi connectivity index (χ1v) is 12.6. The van der Waals surface area contributed by atoms with Crippen LogP contribution in [0.5, 0.6) is 11.5 Å². The number of hydrogen-bond donors (Lipinski definition) is 0. The maximum absolute atomic E-state index is 12.5. The third-order valence-electron chi connectivity index (χ3n) is 7.63. The van der Waals surface area contributed by atoms with Gasteiger partial charge in [0.2, 0.25) is 0 Å². The van der Waals surface area contributed by atoms with Crippen LogP contribution < -0.4 is 9.47 Å². The number of esters is 2. The van der Waals surface area contributed by atoms with Crippen LogP contribution in [0.3, 0.4) is 0 Å². The SMILES string of the molecule is Cc1ccc(C(=O)Oc2ccc(OC(=O)CC3CCC(C4CCC(C)CC4)CC3)cc2)cc1. The van der Waals surface area contributed by atoms with Crippen molar-refractivity contribution in [2.75, 3.05) is 0 Å². The summed E-state index contributed by atoms with van der Waals surface area (Å²) in [5, 5.41) is 0. The van der Waals surface area contributed by atoms with E-state index in [0.29, 0.717) is 29.4 Å². The molecule has 33 heavy (non-hydrogen) atoms. The van der Waals surface area contributed by atoms with Gasteiger partial charge in [-0.05, 0) is 106 Å². The lowest BCUT2D eigenvalue weighted by molar-refractivity contribution is -0.135. The number of hydrogen-bond acceptors (Lipinski definition) is 4. The Morgan fingerprint density at radius 1 is 0.727 bits per heavy atom. The van der Waals surface area contributed by atoms with E-state index >= 15 is 0 Å². The van der Waals surface area contributed by atoms with Crippen LogP contribution in [0.1, 0.15) is 80.6 Å². The summed E-state index contributed by atoms with van der Waals surface area (Å²) in [6.45, 7) is 4.35. The van der Waals surface area contributed by atoms with Gasteiger partial charge in [0.25, 0.3) is 0 Å². The molecule has 176 valence electrons. The summed E-state index contributed by atoms with van der Waals surface area (Å²) in [6, 6.07) is 13.9. The average molecular weight is 449 g/mol. The second-order valence-corrected chi connectivity index (χ2v) is 10.2. The predicted molar refractivity (Wildman–Crippen MR) is 129 cm³/mol. The van der Waals surface area contributed by atoms with Gasteiger partial charge in [-0.2, -0.15) is 0 Å². The number of carbonyl (C=O) groups is 2. The Bertz CT molecular complexity index is 915. The molecule has 4 heteroatoms. The zero-order valence-corrected chi connectivity index (χ0v) is 19.9. The number of aryl methyl sites for hydroxylation is 1. The lowest BCUT2D eigenvalue weighted by atomic mass is 9.69. The minimum atomic E-state index is -0.405. The van der Waals surface area contributed by atoms with Crippen molar-refractivity contribution in [3.63, 3.8) is 0 Å². The average Bonchev–Trinajstić information content (AvgIpc) is 2.82. The summed E-state index contributed by atoms with van der Waals surface area (Å²) in [7, 11) is 0. The van der Waals surface area contributed by atoms with Crippen LogP contribution in [0.2, 0.25) is 0 Å². The topological polar surface area (TPSA) is 52.6 Å². The van der Waals surface area contributed by atoms with E-state index in [1.165, 1.54) is 38.5 Å². The molecule has 0 amide bonds. The van der Waals surface area contributed by atoms with Crippen LogP contribution >= 0.6 is 0 Å². The normalized spacial score (nSPS) is 25.3. The summed E-state index contributed by atoms with van der Waals surface area (Å²) < 4.78 is 11.0. The Morgan fingerprint density at radius 3 is 1.82 bits per heavy atom. The molecule has 2 fully saturated rings. The van der Waals surface area contributed by atoms with Crippen LogP contribution in [-0.2, 0) is 4.79 Å². The Morgan fingerprint density at radius 2 is 1.24 bits per heavy atom. The van der Waals surface area contributed by atoms with Gasteiger partial charge in [-0.3, -0.25) is 4.79 Å². The molecule has 2 aromatic rings. The molecule has 2 aromatic carbocycles. The summed E-state index contributed by atoms with van der Waals surface area (Å²) in [6.07, 6.45) is 10.9. The van der Waals surface area contributed by atoms with Crippen molar-refractivity contribution in [1.82, 2.24) is 0 Å². The zero-order valence-electron chi connectivity index (χ0n) is 19.9. The van der Waals surface area contributed by atoms with E-state index in [1.807, 2.05) is 19.1 Å². The van der Waals surface area contributed by atoms with Gasteiger partial charge in [0, 0.05) is 6.42 Å². The first-order chi connectivity index (χ1) is 16.0. The number of benzene rings is 2. The second kappa shape index (κ2) is 11.0. The van der Waals surface area contributed by atoms with Crippen LogP contribution in [0, 0.1) is 30.6 Å². The maximum atomic E-state index is 12.5. The fourth-order valence-electron chi connectivity index (χ4n) is 5.46. The summed E-state index contributed by atoms with van der Waals surface area (Å²) in [5.41, 5.74) is 1.59. The molecule has 0 saturated heterocycles. The largest absolute Gasteiger partial charge is 0.427 e. The molecular formula is C29H36O4. The Hall–Kier alpha value is -2.62. The Kier molecular flexibility index (Phi) is 7.85. The predicted octanol–water partition coefficient (Wildman–Crippen LogP) is 7.14. The summed E-state index contributed by atoms with van der Waals surface area (Å²) in [5.74, 6) is 3.45. The lowest BCUT2D eigenvalue weighted by Gasteiger charge is -2.37. The van der Waals surface area contributed by atoms with E-state index in [2.05, 4.69) is 6.92 Å². The van der Waals surface area contributed by atoms with Gasteiger partial charge in [0.05, 0.1) is 5.56 Å². The Balaban J connectivity index is 1.20. The van der Waals surface area contributed by atoms with Gasteiger partial charge < -0.3 is 9.47 Å². The molecule has 0 aromatic heterocycles. The van der Waals surface area contributed by atoms with Crippen LogP contribution in [0.4, 0.5) is 0 Å². The highest BCUT2D eigenvalue weighted by Crippen LogP contribution is 2.42. The molecule has 0 unspecified atom stereocenters. The Labute approximate surface area is 197 Å². The molecule has 4 nitrogen and oxygen atoms in total. The van der Waals surface area contributed by atoms with Gasteiger partial charge in [0.15, 0.2) is 0 Å². The van der Waals surface area contributed by atoms with Gasteiger partial charge in [-0.15, -0.1) is 0 Å². The fraction of sp³-hybridized carbons (Fsp3) is 0.517. The van der Waals surface area contributed by atoms with E-state index in [9.17, 15) is 9.59 Å². The molecule has 0 atom stereocenters. The standard InChI is InChI=1S/C29H36O4/c1-20-3-9-23(10-4-20)24-13-7-22(8-14-24)19-28(30)32-26-15-17-27(18-16-26)33-29(31)25-11-5-21(2)6-12-25/h5-6,11-12,15-18,20,22-24H,3-4,7-10,13-14,19H2,1-2H3. The first-order valence-electron chi connectivity index (χ1n) is 12.6. The molecule has 0 spiro atoms. The van der Waals surface area contributed by atoms with Gasteiger partial charge in [0.1, 0.15) is 11.5 Å². The molecule has 4 rings (SSSR count). The van der Waals surface area contributed by atoms with Crippen molar-refractivity contribution < 1.29 is 19.1 Å². The van der Waals surface area contributed by atoms with Crippen molar-refractivity contribution in [1.29, 1.82) is 0 Å². The molecule has 0 N–H and O–H groups in total. The first kappa shape index (κ1) is 23.5. The summed E-state index contributed by atoms with van der Waals surface area (Å²) in [4.78, 5) is 24.7. The highest BCUT2D eigenvalue weighted by molar-refractivity contribution is 5.91. The van der Waals surface area contributed by atoms with E-state index in [4.69, 9.17) is 9.47 Å². The van der Waals surface area contributed by atoms with E-state index < -0.39 is 5.97 Å². The van der Waals surface area contributed by atoms with Crippen molar-refractivity contribution in [2.45, 2.75) is 71.6 Å². The number of ether oxygens (including phenoxy) is 2. The van der Waals surface area contributed by atoms with Gasteiger partial charge in [-0.25, -0.2) is 4.79 Å². The smallest absolute Gasteiger partial charge is 0.343 e. The van der Waals surface area contributed by atoms with Gasteiger partial charge >= 0.3 is 11.9 Å².